The standard InChI is InChI=1S/C24H21FN2O5S/c1-2-12-31-20-5-3-4-19(25)23(20)33(29,30)18-8-6-16(7-9-18)14-27-24(28)21-13-17-10-11-26-15-22(17)32-21/h3-11,13,15H,2,12,14H2,1H3,(H,27,28). The molecule has 0 aliphatic rings. The first-order valence-electron chi connectivity index (χ1n) is 10.3. The van der Waals surface area contributed by atoms with Gasteiger partial charge in [0.25, 0.3) is 5.91 Å². The first-order valence-corrected chi connectivity index (χ1v) is 11.8. The predicted molar refractivity (Wildman–Crippen MR) is 119 cm³/mol. The highest BCUT2D eigenvalue weighted by molar-refractivity contribution is 7.91. The van der Waals surface area contributed by atoms with E-state index in [0.29, 0.717) is 17.6 Å². The van der Waals surface area contributed by atoms with Crippen LogP contribution in [0.3, 0.4) is 0 Å². The number of nitrogens with one attached hydrogen (secondary N) is 1. The summed E-state index contributed by atoms with van der Waals surface area (Å²) >= 11 is 0. The van der Waals surface area contributed by atoms with Gasteiger partial charge in [0.05, 0.1) is 17.7 Å². The number of nitrogens with zero attached hydrogens (tertiary/aromatic N) is 1. The van der Waals surface area contributed by atoms with Crippen LogP contribution in [0.2, 0.25) is 0 Å². The SMILES string of the molecule is CCCOc1cccc(F)c1S(=O)(=O)c1ccc(CNC(=O)c2cc3ccncc3o2)cc1. The minimum Gasteiger partial charge on any atom is -0.492 e. The average molecular weight is 469 g/mol. The number of fused-ring (bicyclic) bond motifs is 1. The van der Waals surface area contributed by atoms with Crippen LogP contribution in [0.25, 0.3) is 11.0 Å². The summed E-state index contributed by atoms with van der Waals surface area (Å²) in [7, 11) is -4.14. The quantitative estimate of drug-likeness (QED) is 0.408. The van der Waals surface area contributed by atoms with Crippen LogP contribution < -0.4 is 10.1 Å². The molecule has 0 saturated carbocycles. The smallest absolute Gasteiger partial charge is 0.287 e. The summed E-state index contributed by atoms with van der Waals surface area (Å²) in [6.07, 6.45) is 3.79. The molecule has 33 heavy (non-hydrogen) atoms. The van der Waals surface area contributed by atoms with Gasteiger partial charge in [-0.2, -0.15) is 0 Å². The normalized spacial score (nSPS) is 11.5. The topological polar surface area (TPSA) is 98.5 Å². The number of furan rings is 1. The fraction of sp³-hybridized carbons (Fsp3) is 0.167. The molecule has 0 spiro atoms. The Morgan fingerprint density at radius 1 is 1.15 bits per heavy atom. The first-order chi connectivity index (χ1) is 15.9. The molecule has 0 aliphatic heterocycles. The van der Waals surface area contributed by atoms with Crippen molar-refractivity contribution in [3.05, 3.63) is 84.1 Å². The number of carbonyl (C=O) groups excluding carboxylic acids is 1. The van der Waals surface area contributed by atoms with E-state index in [1.54, 1.807) is 30.5 Å². The maximum Gasteiger partial charge on any atom is 0.287 e. The van der Waals surface area contributed by atoms with Gasteiger partial charge < -0.3 is 14.5 Å². The molecule has 0 unspecified atom stereocenters. The van der Waals surface area contributed by atoms with E-state index >= 15 is 0 Å². The lowest BCUT2D eigenvalue weighted by Gasteiger charge is -2.13. The van der Waals surface area contributed by atoms with Gasteiger partial charge in [0, 0.05) is 18.1 Å². The molecule has 0 atom stereocenters. The van der Waals surface area contributed by atoms with Crippen molar-refractivity contribution >= 4 is 26.7 Å². The van der Waals surface area contributed by atoms with Gasteiger partial charge in [-0.25, -0.2) is 12.8 Å². The van der Waals surface area contributed by atoms with Crippen molar-refractivity contribution in [2.45, 2.75) is 29.7 Å². The van der Waals surface area contributed by atoms with E-state index in [4.69, 9.17) is 9.15 Å². The largest absolute Gasteiger partial charge is 0.492 e. The molecule has 1 amide bonds. The van der Waals surface area contributed by atoms with Crippen molar-refractivity contribution < 1.29 is 26.8 Å². The monoisotopic (exact) mass is 468 g/mol. The van der Waals surface area contributed by atoms with Crippen LogP contribution in [-0.4, -0.2) is 25.9 Å². The molecule has 0 saturated heterocycles. The van der Waals surface area contributed by atoms with Crippen molar-refractivity contribution in [2.24, 2.45) is 0 Å². The summed E-state index contributed by atoms with van der Waals surface area (Å²) in [5.74, 6) is -1.15. The Labute approximate surface area is 190 Å². The van der Waals surface area contributed by atoms with Gasteiger partial charge in [0.2, 0.25) is 9.84 Å². The third-order valence-corrected chi connectivity index (χ3v) is 6.72. The molecule has 2 heterocycles. The van der Waals surface area contributed by atoms with E-state index in [1.165, 1.54) is 30.5 Å². The lowest BCUT2D eigenvalue weighted by molar-refractivity contribution is 0.0925. The fourth-order valence-corrected chi connectivity index (χ4v) is 4.69. The molecule has 9 heteroatoms. The number of sulfone groups is 1. The second-order valence-electron chi connectivity index (χ2n) is 7.27. The Morgan fingerprint density at radius 2 is 1.94 bits per heavy atom. The molecule has 0 fully saturated rings. The van der Waals surface area contributed by atoms with Gasteiger partial charge >= 0.3 is 0 Å². The van der Waals surface area contributed by atoms with Crippen LogP contribution in [0.1, 0.15) is 29.5 Å². The summed E-state index contributed by atoms with van der Waals surface area (Å²) in [4.78, 5) is 15.8. The molecule has 4 aromatic rings. The number of amides is 1. The van der Waals surface area contributed by atoms with Crippen LogP contribution in [0.15, 0.2) is 81.2 Å². The molecule has 1 N–H and O–H groups in total. The predicted octanol–water partition coefficient (Wildman–Crippen LogP) is 4.52. The van der Waals surface area contributed by atoms with Crippen LogP contribution in [-0.2, 0) is 16.4 Å². The highest BCUT2D eigenvalue weighted by Gasteiger charge is 2.26. The van der Waals surface area contributed by atoms with Crippen molar-refractivity contribution in [3.8, 4) is 5.75 Å². The lowest BCUT2D eigenvalue weighted by atomic mass is 10.2. The number of hydrogen-bond acceptors (Lipinski definition) is 6. The molecule has 2 aromatic heterocycles. The van der Waals surface area contributed by atoms with Gasteiger partial charge in [0.1, 0.15) is 16.5 Å². The fourth-order valence-electron chi connectivity index (χ4n) is 3.25. The minimum absolute atomic E-state index is 0.0192. The zero-order valence-corrected chi connectivity index (χ0v) is 18.6. The number of halogens is 1. The Hall–Kier alpha value is -3.72. The minimum atomic E-state index is -4.14. The van der Waals surface area contributed by atoms with Crippen LogP contribution in [0.5, 0.6) is 5.75 Å². The molecule has 170 valence electrons. The number of benzene rings is 2. The van der Waals surface area contributed by atoms with Gasteiger partial charge in [-0.15, -0.1) is 0 Å². The van der Waals surface area contributed by atoms with E-state index in [-0.39, 0.29) is 29.6 Å². The van der Waals surface area contributed by atoms with E-state index in [9.17, 15) is 17.6 Å². The van der Waals surface area contributed by atoms with Crippen LogP contribution >= 0.6 is 0 Å². The molecule has 0 radical (unpaired) electrons. The number of ether oxygens (including phenoxy) is 1. The second-order valence-corrected chi connectivity index (χ2v) is 9.16. The molecule has 7 nitrogen and oxygen atoms in total. The summed E-state index contributed by atoms with van der Waals surface area (Å²) in [6.45, 7) is 2.29. The van der Waals surface area contributed by atoms with Crippen molar-refractivity contribution in [2.75, 3.05) is 6.61 Å². The zero-order chi connectivity index (χ0) is 23.4. The number of carbonyl (C=O) groups is 1. The summed E-state index contributed by atoms with van der Waals surface area (Å²) in [6, 6.07) is 13.2. The van der Waals surface area contributed by atoms with Gasteiger partial charge in [-0.05, 0) is 48.4 Å². The Balaban J connectivity index is 1.49. The number of pyridine rings is 1. The highest BCUT2D eigenvalue weighted by atomic mass is 32.2. The molecule has 0 bridgehead atoms. The third kappa shape index (κ3) is 4.73. The van der Waals surface area contributed by atoms with E-state index in [0.717, 1.165) is 11.5 Å². The molecule has 2 aromatic carbocycles. The molecular weight excluding hydrogens is 447 g/mol. The van der Waals surface area contributed by atoms with E-state index in [1.807, 2.05) is 6.92 Å². The Morgan fingerprint density at radius 3 is 2.67 bits per heavy atom. The molecule has 4 rings (SSSR count). The van der Waals surface area contributed by atoms with Gasteiger partial charge in [-0.1, -0.05) is 25.1 Å². The Kier molecular flexibility index (Phi) is 6.41. The number of hydrogen-bond donors (Lipinski definition) is 1. The summed E-state index contributed by atoms with van der Waals surface area (Å²) in [5.41, 5.74) is 1.17. The second kappa shape index (κ2) is 9.41. The van der Waals surface area contributed by atoms with Crippen molar-refractivity contribution in [1.29, 1.82) is 0 Å². The van der Waals surface area contributed by atoms with Crippen LogP contribution in [0, 0.1) is 5.82 Å². The van der Waals surface area contributed by atoms with E-state index in [2.05, 4.69) is 10.3 Å². The average Bonchev–Trinajstić information content (AvgIpc) is 3.26. The first kappa shape index (κ1) is 22.5. The lowest BCUT2D eigenvalue weighted by Crippen LogP contribution is -2.22. The van der Waals surface area contributed by atoms with Crippen molar-refractivity contribution in [1.82, 2.24) is 10.3 Å². The number of rotatable bonds is 8. The summed E-state index contributed by atoms with van der Waals surface area (Å²) < 4.78 is 51.6. The number of aromatic nitrogens is 1. The summed E-state index contributed by atoms with van der Waals surface area (Å²) in [5, 5.41) is 3.49. The highest BCUT2D eigenvalue weighted by Crippen LogP contribution is 2.32. The van der Waals surface area contributed by atoms with Gasteiger partial charge in [-0.3, -0.25) is 9.78 Å². The van der Waals surface area contributed by atoms with Crippen LogP contribution in [0.4, 0.5) is 4.39 Å². The van der Waals surface area contributed by atoms with Gasteiger partial charge in [0.15, 0.2) is 11.3 Å². The third-order valence-electron chi connectivity index (χ3n) is 4.89. The molecular formula is C24H21FN2O5S. The Bertz CT molecular complexity index is 1370. The maximum atomic E-state index is 14.5. The maximum absolute atomic E-state index is 14.5. The molecule has 0 aliphatic carbocycles. The van der Waals surface area contributed by atoms with E-state index < -0.39 is 26.5 Å². The van der Waals surface area contributed by atoms with Crippen molar-refractivity contribution in [3.63, 3.8) is 0 Å². The zero-order valence-electron chi connectivity index (χ0n) is 17.7.